The van der Waals surface area contributed by atoms with Crippen molar-refractivity contribution in [3.63, 3.8) is 0 Å². The van der Waals surface area contributed by atoms with Crippen LogP contribution in [0.5, 0.6) is 0 Å². The van der Waals surface area contributed by atoms with Crippen LogP contribution in [0.3, 0.4) is 0 Å². The fraction of sp³-hybridized carbons (Fsp3) is 0.571. The summed E-state index contributed by atoms with van der Waals surface area (Å²) in [4.78, 5) is 0. The molecule has 0 bridgehead atoms. The van der Waals surface area contributed by atoms with Gasteiger partial charge in [0.15, 0.2) is 5.11 Å². The van der Waals surface area contributed by atoms with Gasteiger partial charge in [0, 0.05) is 12.1 Å². The number of thiocarbonyl (C=S) groups is 1. The average Bonchev–Trinajstić information content (AvgIpc) is 2.81. The third kappa shape index (κ3) is 11.6. The maximum Gasteiger partial charge on any atom is 0.186 e. The second-order valence-electron chi connectivity index (χ2n) is 8.79. The number of nitrogens with one attached hydrogen (secondary N) is 2. The SMILES string of the molecule is CCCCCCCCCCCCCCCCNC(=S)NN=Cc1cccc2ccccc12. The molecule has 2 N–H and O–H groups in total. The van der Waals surface area contributed by atoms with E-state index in [4.69, 9.17) is 12.2 Å². The summed E-state index contributed by atoms with van der Waals surface area (Å²) in [6, 6.07) is 14.6. The first-order valence-corrected chi connectivity index (χ1v) is 13.3. The fourth-order valence-corrected chi connectivity index (χ4v) is 4.24. The Morgan fingerprint density at radius 2 is 1.31 bits per heavy atom. The highest BCUT2D eigenvalue weighted by atomic mass is 32.1. The van der Waals surface area contributed by atoms with Crippen LogP contribution in [0.2, 0.25) is 0 Å². The van der Waals surface area contributed by atoms with Crippen LogP contribution < -0.4 is 10.7 Å². The van der Waals surface area contributed by atoms with Gasteiger partial charge in [0.2, 0.25) is 0 Å². The summed E-state index contributed by atoms with van der Waals surface area (Å²) >= 11 is 5.33. The maximum absolute atomic E-state index is 5.33. The monoisotopic (exact) mass is 453 g/mol. The van der Waals surface area contributed by atoms with E-state index in [2.05, 4.69) is 65.2 Å². The molecule has 0 aliphatic rings. The molecule has 0 saturated carbocycles. The average molecular weight is 454 g/mol. The Kier molecular flexibility index (Phi) is 14.5. The Morgan fingerprint density at radius 3 is 1.97 bits per heavy atom. The first-order chi connectivity index (χ1) is 15.8. The van der Waals surface area contributed by atoms with E-state index >= 15 is 0 Å². The number of unbranched alkanes of at least 4 members (excludes halogenated alkanes) is 13. The molecule has 2 aromatic rings. The van der Waals surface area contributed by atoms with Crippen LogP contribution in [0.1, 0.15) is 102 Å². The third-order valence-electron chi connectivity index (χ3n) is 6.01. The summed E-state index contributed by atoms with van der Waals surface area (Å²) in [6.07, 6.45) is 21.2. The number of fused-ring (bicyclic) bond motifs is 1. The van der Waals surface area contributed by atoms with Crippen molar-refractivity contribution < 1.29 is 0 Å². The molecule has 0 radical (unpaired) electrons. The van der Waals surface area contributed by atoms with Crippen LogP contribution >= 0.6 is 12.2 Å². The molecule has 0 heterocycles. The molecule has 0 amide bonds. The second kappa shape index (κ2) is 17.6. The lowest BCUT2D eigenvalue weighted by atomic mass is 10.0. The van der Waals surface area contributed by atoms with Crippen LogP contribution in [0.25, 0.3) is 10.8 Å². The molecule has 0 spiro atoms. The molecular weight excluding hydrogens is 410 g/mol. The smallest absolute Gasteiger partial charge is 0.186 e. The topological polar surface area (TPSA) is 36.4 Å². The number of benzene rings is 2. The van der Waals surface area contributed by atoms with Gasteiger partial charge in [-0.2, -0.15) is 5.10 Å². The largest absolute Gasteiger partial charge is 0.361 e. The first-order valence-electron chi connectivity index (χ1n) is 12.9. The Bertz CT molecular complexity index is 782. The number of rotatable bonds is 17. The summed E-state index contributed by atoms with van der Waals surface area (Å²) in [5.74, 6) is 0. The van der Waals surface area contributed by atoms with Crippen molar-refractivity contribution in [3.05, 3.63) is 48.0 Å². The zero-order valence-corrected chi connectivity index (χ0v) is 20.9. The highest BCUT2D eigenvalue weighted by Crippen LogP contribution is 2.16. The minimum absolute atomic E-state index is 0.594. The van der Waals surface area contributed by atoms with Gasteiger partial charge in [0.05, 0.1) is 6.21 Å². The molecule has 32 heavy (non-hydrogen) atoms. The van der Waals surface area contributed by atoms with E-state index < -0.39 is 0 Å². The van der Waals surface area contributed by atoms with Gasteiger partial charge in [-0.05, 0) is 29.4 Å². The predicted octanol–water partition coefficient (Wildman–Crippen LogP) is 8.12. The molecule has 3 nitrogen and oxygen atoms in total. The quantitative estimate of drug-likeness (QED) is 0.110. The molecule has 0 saturated heterocycles. The summed E-state index contributed by atoms with van der Waals surface area (Å²) in [5, 5.41) is 10.6. The lowest BCUT2D eigenvalue weighted by molar-refractivity contribution is 0.535. The zero-order chi connectivity index (χ0) is 22.7. The molecular formula is C28H43N3S. The second-order valence-corrected chi connectivity index (χ2v) is 9.20. The van der Waals surface area contributed by atoms with Crippen LogP contribution in [-0.2, 0) is 0 Å². The molecule has 0 aliphatic heterocycles. The summed E-state index contributed by atoms with van der Waals surface area (Å²) < 4.78 is 0. The van der Waals surface area contributed by atoms with Gasteiger partial charge in [0.25, 0.3) is 0 Å². The first kappa shape index (κ1) is 26.3. The van der Waals surface area contributed by atoms with Crippen molar-refractivity contribution in [2.75, 3.05) is 6.54 Å². The zero-order valence-electron chi connectivity index (χ0n) is 20.1. The Hall–Kier alpha value is -1.94. The highest BCUT2D eigenvalue weighted by molar-refractivity contribution is 7.80. The minimum atomic E-state index is 0.594. The van der Waals surface area contributed by atoms with Crippen LogP contribution in [0.15, 0.2) is 47.6 Å². The number of hydrogen-bond donors (Lipinski definition) is 2. The molecule has 0 aliphatic carbocycles. The van der Waals surface area contributed by atoms with Crippen molar-refractivity contribution in [2.45, 2.75) is 96.8 Å². The lowest BCUT2D eigenvalue weighted by Gasteiger charge is -2.07. The van der Waals surface area contributed by atoms with Gasteiger partial charge in [0.1, 0.15) is 0 Å². The van der Waals surface area contributed by atoms with Crippen LogP contribution in [-0.4, -0.2) is 17.9 Å². The maximum atomic E-state index is 5.33. The van der Waals surface area contributed by atoms with Gasteiger partial charge in [-0.1, -0.05) is 133 Å². The van der Waals surface area contributed by atoms with E-state index in [1.54, 1.807) is 0 Å². The summed E-state index contributed by atoms with van der Waals surface area (Å²) in [6.45, 7) is 3.20. The molecule has 0 fully saturated rings. The number of hydrogen-bond acceptors (Lipinski definition) is 2. The van der Waals surface area contributed by atoms with Crippen LogP contribution in [0, 0.1) is 0 Å². The molecule has 0 atom stereocenters. The van der Waals surface area contributed by atoms with E-state index in [0.29, 0.717) is 5.11 Å². The minimum Gasteiger partial charge on any atom is -0.361 e. The van der Waals surface area contributed by atoms with E-state index in [9.17, 15) is 0 Å². The van der Waals surface area contributed by atoms with Crippen molar-refractivity contribution in [3.8, 4) is 0 Å². The summed E-state index contributed by atoms with van der Waals surface area (Å²) in [5.41, 5.74) is 4.02. The van der Waals surface area contributed by atoms with Gasteiger partial charge < -0.3 is 5.32 Å². The van der Waals surface area contributed by atoms with E-state index in [-0.39, 0.29) is 0 Å². The van der Waals surface area contributed by atoms with Gasteiger partial charge in [-0.15, -0.1) is 0 Å². The fourth-order valence-electron chi connectivity index (χ4n) is 4.08. The van der Waals surface area contributed by atoms with E-state index in [1.807, 2.05) is 6.21 Å². The third-order valence-corrected chi connectivity index (χ3v) is 6.24. The van der Waals surface area contributed by atoms with Crippen molar-refractivity contribution in [2.24, 2.45) is 5.10 Å². The van der Waals surface area contributed by atoms with Gasteiger partial charge in [-0.25, -0.2) is 0 Å². The van der Waals surface area contributed by atoms with Crippen molar-refractivity contribution in [1.82, 2.24) is 10.7 Å². The summed E-state index contributed by atoms with van der Waals surface area (Å²) in [7, 11) is 0. The molecule has 2 rings (SSSR count). The Morgan fingerprint density at radius 1 is 0.750 bits per heavy atom. The number of hydrazone groups is 1. The lowest BCUT2D eigenvalue weighted by Crippen LogP contribution is -2.32. The van der Waals surface area contributed by atoms with Crippen LogP contribution in [0.4, 0.5) is 0 Å². The number of nitrogens with zero attached hydrogens (tertiary/aromatic N) is 1. The molecule has 0 aromatic heterocycles. The predicted molar refractivity (Wildman–Crippen MR) is 146 cm³/mol. The van der Waals surface area contributed by atoms with Crippen molar-refractivity contribution in [1.29, 1.82) is 0 Å². The van der Waals surface area contributed by atoms with E-state index in [0.717, 1.165) is 18.5 Å². The normalized spacial score (nSPS) is 11.3. The van der Waals surface area contributed by atoms with E-state index in [1.165, 1.54) is 94.2 Å². The highest BCUT2D eigenvalue weighted by Gasteiger charge is 1.98. The molecule has 176 valence electrons. The Balaban J connectivity index is 1.41. The van der Waals surface area contributed by atoms with Gasteiger partial charge in [-0.3, -0.25) is 5.43 Å². The molecule has 4 heteroatoms. The standard InChI is InChI=1S/C28H43N3S/c1-2-3-4-5-6-7-8-9-10-11-12-13-14-17-23-29-28(32)31-30-24-26-21-18-20-25-19-15-16-22-27(25)26/h15-16,18-22,24H,2-14,17,23H2,1H3,(H2,29,31,32). The van der Waals surface area contributed by atoms with Gasteiger partial charge >= 0.3 is 0 Å². The van der Waals surface area contributed by atoms with Crippen molar-refractivity contribution >= 4 is 34.3 Å². The molecule has 0 unspecified atom stereocenters. The molecule has 2 aromatic carbocycles. The Labute approximate surface area is 201 Å².